The molecule has 1 heterocycles. The van der Waals surface area contributed by atoms with Crippen LogP contribution in [-0.4, -0.2) is 10.5 Å². The van der Waals surface area contributed by atoms with E-state index in [4.69, 9.17) is 0 Å². The molecule has 0 radical (unpaired) electrons. The van der Waals surface area contributed by atoms with Gasteiger partial charge in [-0.05, 0) is 49.4 Å². The zero-order valence-corrected chi connectivity index (χ0v) is 11.8. The van der Waals surface area contributed by atoms with Gasteiger partial charge < -0.3 is 0 Å². The maximum Gasteiger partial charge on any atom is 0.00840 e. The fourth-order valence-corrected chi connectivity index (χ4v) is 7.66. The van der Waals surface area contributed by atoms with Gasteiger partial charge in [-0.25, -0.2) is 0 Å². The zero-order valence-electron chi connectivity index (χ0n) is 10.9. The summed E-state index contributed by atoms with van der Waals surface area (Å²) in [4.78, 5) is 0. The molecule has 0 aromatic carbocycles. The van der Waals surface area contributed by atoms with Crippen LogP contribution in [-0.2, 0) is 0 Å². The van der Waals surface area contributed by atoms with E-state index in [-0.39, 0.29) is 0 Å². The highest BCUT2D eigenvalue weighted by Gasteiger charge is 2.49. The smallest absolute Gasteiger partial charge is 0.00840 e. The van der Waals surface area contributed by atoms with Crippen LogP contribution >= 0.6 is 11.8 Å². The normalized spacial score (nSPS) is 53.6. The Bertz CT molecular complexity index is 285. The third kappa shape index (κ3) is 1.88. The number of thioether (sulfide) groups is 1. The van der Waals surface area contributed by atoms with Crippen molar-refractivity contribution in [2.24, 2.45) is 23.7 Å². The Balaban J connectivity index is 1.52. The maximum atomic E-state index is 2.43. The monoisotopic (exact) mass is 250 g/mol. The van der Waals surface area contributed by atoms with Crippen molar-refractivity contribution < 1.29 is 0 Å². The molecule has 3 saturated carbocycles. The first-order valence-electron chi connectivity index (χ1n) is 8.07. The Hall–Kier alpha value is 0.350. The Morgan fingerprint density at radius 3 is 2.18 bits per heavy atom. The summed E-state index contributed by atoms with van der Waals surface area (Å²) in [5, 5.41) is 2.17. The standard InChI is InChI=1S/C16H26S/c1-2-6-12-10-16-14(9-11(12)5-1)13-7-3-4-8-15(13)17-16/h11-16H,1-10H2. The van der Waals surface area contributed by atoms with Gasteiger partial charge in [0.1, 0.15) is 0 Å². The predicted octanol–water partition coefficient (Wildman–Crippen LogP) is 4.88. The lowest BCUT2D eigenvalue weighted by Crippen LogP contribution is -2.36. The minimum absolute atomic E-state index is 1.08. The molecule has 6 unspecified atom stereocenters. The molecular formula is C16H26S. The predicted molar refractivity (Wildman–Crippen MR) is 75.3 cm³/mol. The quantitative estimate of drug-likeness (QED) is 0.590. The van der Waals surface area contributed by atoms with Crippen LogP contribution in [0.2, 0.25) is 0 Å². The molecule has 0 N–H and O–H groups in total. The summed E-state index contributed by atoms with van der Waals surface area (Å²) in [6.45, 7) is 0. The zero-order chi connectivity index (χ0) is 11.2. The van der Waals surface area contributed by atoms with Crippen LogP contribution in [0.4, 0.5) is 0 Å². The summed E-state index contributed by atoms with van der Waals surface area (Å²) in [5.74, 6) is 4.57. The van der Waals surface area contributed by atoms with Crippen molar-refractivity contribution in [1.82, 2.24) is 0 Å². The van der Waals surface area contributed by atoms with Crippen molar-refractivity contribution >= 4 is 11.8 Å². The molecule has 4 rings (SSSR count). The van der Waals surface area contributed by atoms with Crippen LogP contribution < -0.4 is 0 Å². The number of hydrogen-bond acceptors (Lipinski definition) is 1. The fraction of sp³-hybridized carbons (Fsp3) is 1.00. The van der Waals surface area contributed by atoms with E-state index < -0.39 is 0 Å². The third-order valence-electron chi connectivity index (χ3n) is 6.31. The van der Waals surface area contributed by atoms with Gasteiger partial charge in [-0.15, -0.1) is 0 Å². The van der Waals surface area contributed by atoms with Crippen molar-refractivity contribution in [2.45, 2.75) is 74.7 Å². The van der Waals surface area contributed by atoms with E-state index >= 15 is 0 Å². The molecule has 6 atom stereocenters. The van der Waals surface area contributed by atoms with E-state index in [9.17, 15) is 0 Å². The Kier molecular flexibility index (Phi) is 2.95. The van der Waals surface area contributed by atoms with Crippen molar-refractivity contribution in [3.05, 3.63) is 0 Å². The second kappa shape index (κ2) is 4.47. The SMILES string of the molecule is C1CCC2CC3C(CC2C1)SC1CCCCC13. The van der Waals surface area contributed by atoms with Gasteiger partial charge in [-0.2, -0.15) is 11.8 Å². The van der Waals surface area contributed by atoms with E-state index in [1.807, 2.05) is 0 Å². The summed E-state index contributed by atoms with van der Waals surface area (Å²) in [6, 6.07) is 0. The van der Waals surface area contributed by atoms with Gasteiger partial charge in [0.15, 0.2) is 0 Å². The molecule has 0 nitrogen and oxygen atoms in total. The Morgan fingerprint density at radius 2 is 1.29 bits per heavy atom. The molecule has 1 saturated heterocycles. The fourth-order valence-electron chi connectivity index (χ4n) is 5.50. The summed E-state index contributed by atoms with van der Waals surface area (Å²) in [7, 11) is 0. The lowest BCUT2D eigenvalue weighted by molar-refractivity contribution is 0.105. The second-order valence-electron chi connectivity index (χ2n) is 7.10. The van der Waals surface area contributed by atoms with E-state index in [2.05, 4.69) is 11.8 Å². The van der Waals surface area contributed by atoms with Gasteiger partial charge in [0, 0.05) is 10.5 Å². The van der Waals surface area contributed by atoms with Crippen molar-refractivity contribution in [1.29, 1.82) is 0 Å². The molecule has 0 amide bonds. The molecule has 0 aromatic rings. The lowest BCUT2D eigenvalue weighted by atomic mass is 9.63. The minimum Gasteiger partial charge on any atom is -0.155 e. The number of rotatable bonds is 0. The molecule has 0 aromatic heterocycles. The summed E-state index contributed by atoms with van der Waals surface area (Å²) in [6.07, 6.45) is 15.7. The van der Waals surface area contributed by atoms with Crippen molar-refractivity contribution in [2.75, 3.05) is 0 Å². The summed E-state index contributed by atoms with van der Waals surface area (Å²) < 4.78 is 0. The van der Waals surface area contributed by atoms with E-state index in [0.717, 1.165) is 34.2 Å². The molecular weight excluding hydrogens is 224 g/mol. The minimum atomic E-state index is 1.08. The highest BCUT2D eigenvalue weighted by Crippen LogP contribution is 2.58. The van der Waals surface area contributed by atoms with Crippen molar-refractivity contribution in [3.8, 4) is 0 Å². The van der Waals surface area contributed by atoms with Gasteiger partial charge in [0.05, 0.1) is 0 Å². The van der Waals surface area contributed by atoms with Gasteiger partial charge >= 0.3 is 0 Å². The van der Waals surface area contributed by atoms with E-state index in [1.54, 1.807) is 51.4 Å². The van der Waals surface area contributed by atoms with Crippen molar-refractivity contribution in [3.63, 3.8) is 0 Å². The molecule has 0 bridgehead atoms. The summed E-state index contributed by atoms with van der Waals surface area (Å²) >= 11 is 2.43. The van der Waals surface area contributed by atoms with Gasteiger partial charge in [-0.3, -0.25) is 0 Å². The van der Waals surface area contributed by atoms with Crippen LogP contribution in [0.15, 0.2) is 0 Å². The average molecular weight is 250 g/mol. The molecule has 4 aliphatic rings. The lowest BCUT2D eigenvalue weighted by Gasteiger charge is -2.42. The molecule has 4 fully saturated rings. The van der Waals surface area contributed by atoms with Crippen LogP contribution in [0.25, 0.3) is 0 Å². The molecule has 0 spiro atoms. The first-order chi connectivity index (χ1) is 8.42. The van der Waals surface area contributed by atoms with Gasteiger partial charge in [-0.1, -0.05) is 38.5 Å². The number of fused-ring (bicyclic) bond motifs is 4. The molecule has 1 aliphatic heterocycles. The molecule has 17 heavy (non-hydrogen) atoms. The second-order valence-corrected chi connectivity index (χ2v) is 8.58. The van der Waals surface area contributed by atoms with Gasteiger partial charge in [0.2, 0.25) is 0 Å². The van der Waals surface area contributed by atoms with Crippen LogP contribution in [0.1, 0.15) is 64.2 Å². The number of hydrogen-bond donors (Lipinski definition) is 0. The average Bonchev–Trinajstić information content (AvgIpc) is 2.73. The first-order valence-corrected chi connectivity index (χ1v) is 9.01. The van der Waals surface area contributed by atoms with E-state index in [0.29, 0.717) is 0 Å². The topological polar surface area (TPSA) is 0 Å². The Labute approximate surface area is 110 Å². The molecule has 1 heteroatoms. The van der Waals surface area contributed by atoms with E-state index in [1.165, 1.54) is 12.8 Å². The largest absolute Gasteiger partial charge is 0.155 e. The highest BCUT2D eigenvalue weighted by atomic mass is 32.2. The van der Waals surface area contributed by atoms with Crippen LogP contribution in [0.5, 0.6) is 0 Å². The molecule has 3 aliphatic carbocycles. The third-order valence-corrected chi connectivity index (χ3v) is 8.13. The van der Waals surface area contributed by atoms with Crippen LogP contribution in [0.3, 0.4) is 0 Å². The Morgan fingerprint density at radius 1 is 0.588 bits per heavy atom. The van der Waals surface area contributed by atoms with Gasteiger partial charge in [0.25, 0.3) is 0 Å². The highest BCUT2D eigenvalue weighted by molar-refractivity contribution is 8.00. The maximum absolute atomic E-state index is 2.43. The first kappa shape index (κ1) is 11.2. The summed E-state index contributed by atoms with van der Waals surface area (Å²) in [5.41, 5.74) is 0. The van der Waals surface area contributed by atoms with Crippen LogP contribution in [0, 0.1) is 23.7 Å². The molecule has 96 valence electrons.